The number of hydrogen-bond donors (Lipinski definition) is 2. The van der Waals surface area contributed by atoms with Gasteiger partial charge in [-0.3, -0.25) is 4.79 Å². The first kappa shape index (κ1) is 14.6. The average molecular weight is 253 g/mol. The van der Waals surface area contributed by atoms with Gasteiger partial charge in [0.1, 0.15) is 5.82 Å². The molecule has 0 aliphatic heterocycles. The summed E-state index contributed by atoms with van der Waals surface area (Å²) in [7, 11) is 0. The van der Waals surface area contributed by atoms with Crippen molar-refractivity contribution in [3.63, 3.8) is 0 Å². The van der Waals surface area contributed by atoms with Crippen LogP contribution >= 0.6 is 0 Å². The monoisotopic (exact) mass is 253 g/mol. The minimum atomic E-state index is -0.466. The van der Waals surface area contributed by atoms with E-state index in [2.05, 4.69) is 5.32 Å². The summed E-state index contributed by atoms with van der Waals surface area (Å²) in [4.78, 5) is 12.0. The van der Waals surface area contributed by atoms with Crippen molar-refractivity contribution in [2.75, 3.05) is 6.61 Å². The number of nitrogens with one attached hydrogen (secondary N) is 1. The molecule has 1 rings (SSSR count). The lowest BCUT2D eigenvalue weighted by atomic mass is 9.94. The number of halogens is 1. The van der Waals surface area contributed by atoms with E-state index in [1.807, 2.05) is 13.8 Å². The highest BCUT2D eigenvalue weighted by atomic mass is 19.1. The van der Waals surface area contributed by atoms with E-state index in [1.54, 1.807) is 13.0 Å². The Morgan fingerprint density at radius 3 is 2.61 bits per heavy atom. The predicted octanol–water partition coefficient (Wildman–Crippen LogP) is 2.42. The normalized spacial score (nSPS) is 14.1. The van der Waals surface area contributed by atoms with Crippen molar-refractivity contribution >= 4 is 5.91 Å². The van der Waals surface area contributed by atoms with Crippen molar-refractivity contribution in [2.24, 2.45) is 0 Å². The van der Waals surface area contributed by atoms with Gasteiger partial charge in [-0.25, -0.2) is 4.39 Å². The molecule has 0 bridgehead atoms. The lowest BCUT2D eigenvalue weighted by Crippen LogP contribution is -2.46. The second kappa shape index (κ2) is 5.96. The van der Waals surface area contributed by atoms with Crippen LogP contribution in [0.15, 0.2) is 18.2 Å². The number of carbonyl (C=O) groups is 1. The van der Waals surface area contributed by atoms with Gasteiger partial charge in [-0.05, 0) is 50.5 Å². The number of hydrogen-bond acceptors (Lipinski definition) is 2. The highest BCUT2D eigenvalue weighted by Gasteiger charge is 2.24. The van der Waals surface area contributed by atoms with Gasteiger partial charge in [0.05, 0.1) is 0 Å². The van der Waals surface area contributed by atoms with Crippen LogP contribution in [0.3, 0.4) is 0 Å². The van der Waals surface area contributed by atoms with Crippen molar-refractivity contribution in [1.29, 1.82) is 0 Å². The molecular formula is C14H20FNO2. The molecule has 0 aliphatic carbocycles. The summed E-state index contributed by atoms with van der Waals surface area (Å²) in [5.41, 5.74) is 0.553. The summed E-state index contributed by atoms with van der Waals surface area (Å²) in [5, 5.41) is 11.8. The third-order valence-electron chi connectivity index (χ3n) is 3.16. The van der Waals surface area contributed by atoms with Crippen LogP contribution in [-0.2, 0) is 0 Å². The molecule has 18 heavy (non-hydrogen) atoms. The minimum Gasteiger partial charge on any atom is -0.396 e. The van der Waals surface area contributed by atoms with Crippen molar-refractivity contribution in [3.8, 4) is 0 Å². The van der Waals surface area contributed by atoms with E-state index in [-0.39, 0.29) is 12.5 Å². The fourth-order valence-electron chi connectivity index (χ4n) is 1.79. The van der Waals surface area contributed by atoms with E-state index < -0.39 is 11.4 Å². The molecule has 0 radical (unpaired) electrons. The summed E-state index contributed by atoms with van der Waals surface area (Å²) < 4.78 is 13.2. The second-order valence-corrected chi connectivity index (χ2v) is 4.86. The Balaban J connectivity index is 2.87. The lowest BCUT2D eigenvalue weighted by Gasteiger charge is -2.29. The number of aryl methyl sites for hydroxylation is 1. The Labute approximate surface area is 107 Å². The summed E-state index contributed by atoms with van der Waals surface area (Å²) in [6.45, 7) is 5.56. The zero-order chi connectivity index (χ0) is 13.8. The number of benzene rings is 1. The van der Waals surface area contributed by atoms with Gasteiger partial charge in [0, 0.05) is 17.7 Å². The molecule has 0 saturated carbocycles. The molecule has 1 unspecified atom stereocenters. The molecule has 0 saturated heterocycles. The van der Waals surface area contributed by atoms with Crippen LogP contribution in [0, 0.1) is 12.7 Å². The van der Waals surface area contributed by atoms with Crippen LogP contribution < -0.4 is 5.32 Å². The standard InChI is InChI=1S/C14H20FNO2/c1-4-14(3,5-6-17)16-13(18)11-7-10(2)8-12(15)9-11/h7-9,17H,4-6H2,1-3H3,(H,16,18). The van der Waals surface area contributed by atoms with Gasteiger partial charge >= 0.3 is 0 Å². The number of rotatable bonds is 5. The zero-order valence-electron chi connectivity index (χ0n) is 11.1. The van der Waals surface area contributed by atoms with Crippen LogP contribution in [-0.4, -0.2) is 23.2 Å². The summed E-state index contributed by atoms with van der Waals surface area (Å²) in [5.74, 6) is -0.726. The average Bonchev–Trinajstić information content (AvgIpc) is 2.28. The maximum atomic E-state index is 13.2. The van der Waals surface area contributed by atoms with Gasteiger partial charge in [-0.15, -0.1) is 0 Å². The third kappa shape index (κ3) is 3.81. The van der Waals surface area contributed by atoms with E-state index in [0.29, 0.717) is 24.0 Å². The van der Waals surface area contributed by atoms with E-state index >= 15 is 0 Å². The maximum absolute atomic E-state index is 13.2. The SMILES string of the molecule is CCC(C)(CCO)NC(=O)c1cc(C)cc(F)c1. The summed E-state index contributed by atoms with van der Waals surface area (Å²) in [6.07, 6.45) is 1.18. The fraction of sp³-hybridized carbons (Fsp3) is 0.500. The molecule has 1 aromatic carbocycles. The van der Waals surface area contributed by atoms with Crippen LogP contribution in [0.4, 0.5) is 4.39 Å². The quantitative estimate of drug-likeness (QED) is 0.846. The van der Waals surface area contributed by atoms with Gasteiger partial charge in [-0.2, -0.15) is 0 Å². The zero-order valence-corrected chi connectivity index (χ0v) is 11.1. The highest BCUT2D eigenvalue weighted by Crippen LogP contribution is 2.16. The molecule has 4 heteroatoms. The molecule has 1 aromatic rings. The summed E-state index contributed by atoms with van der Waals surface area (Å²) in [6, 6.07) is 4.24. The molecule has 100 valence electrons. The molecular weight excluding hydrogens is 233 g/mol. The molecule has 0 aromatic heterocycles. The van der Waals surface area contributed by atoms with Gasteiger partial charge in [0.2, 0.25) is 0 Å². The second-order valence-electron chi connectivity index (χ2n) is 4.86. The van der Waals surface area contributed by atoms with Crippen molar-refractivity contribution in [3.05, 3.63) is 35.1 Å². The topological polar surface area (TPSA) is 49.3 Å². The molecule has 1 atom stereocenters. The minimum absolute atomic E-state index is 0.00674. The van der Waals surface area contributed by atoms with Crippen LogP contribution in [0.5, 0.6) is 0 Å². The van der Waals surface area contributed by atoms with Crippen molar-refractivity contribution < 1.29 is 14.3 Å². The Kier molecular flexibility index (Phi) is 4.84. The largest absolute Gasteiger partial charge is 0.396 e. The smallest absolute Gasteiger partial charge is 0.251 e. The van der Waals surface area contributed by atoms with E-state index in [0.717, 1.165) is 0 Å². The number of carbonyl (C=O) groups excluding carboxylic acids is 1. The molecule has 0 heterocycles. The van der Waals surface area contributed by atoms with Gasteiger partial charge in [-0.1, -0.05) is 6.92 Å². The van der Waals surface area contributed by atoms with E-state index in [1.165, 1.54) is 12.1 Å². The molecule has 1 amide bonds. The summed E-state index contributed by atoms with van der Waals surface area (Å²) >= 11 is 0. The maximum Gasteiger partial charge on any atom is 0.251 e. The first-order valence-corrected chi connectivity index (χ1v) is 6.11. The molecule has 0 fully saturated rings. The lowest BCUT2D eigenvalue weighted by molar-refractivity contribution is 0.0885. The van der Waals surface area contributed by atoms with Gasteiger partial charge in [0.25, 0.3) is 5.91 Å². The van der Waals surface area contributed by atoms with E-state index in [4.69, 9.17) is 5.11 Å². The highest BCUT2D eigenvalue weighted by molar-refractivity contribution is 5.94. The van der Waals surface area contributed by atoms with Crippen LogP contribution in [0.25, 0.3) is 0 Å². The van der Waals surface area contributed by atoms with Gasteiger partial charge in [0.15, 0.2) is 0 Å². The van der Waals surface area contributed by atoms with Crippen LogP contribution in [0.2, 0.25) is 0 Å². The Bertz CT molecular complexity index is 414. The predicted molar refractivity (Wildman–Crippen MR) is 69.0 cm³/mol. The van der Waals surface area contributed by atoms with Crippen LogP contribution in [0.1, 0.15) is 42.6 Å². The fourth-order valence-corrected chi connectivity index (χ4v) is 1.79. The molecule has 3 nitrogen and oxygen atoms in total. The third-order valence-corrected chi connectivity index (χ3v) is 3.16. The molecule has 0 spiro atoms. The first-order valence-electron chi connectivity index (χ1n) is 6.11. The Morgan fingerprint density at radius 2 is 2.11 bits per heavy atom. The van der Waals surface area contributed by atoms with E-state index in [9.17, 15) is 9.18 Å². The number of aliphatic hydroxyl groups is 1. The number of aliphatic hydroxyl groups excluding tert-OH is 1. The first-order chi connectivity index (χ1) is 8.40. The molecule has 0 aliphatic rings. The Hall–Kier alpha value is -1.42. The van der Waals surface area contributed by atoms with Crippen molar-refractivity contribution in [1.82, 2.24) is 5.32 Å². The van der Waals surface area contributed by atoms with Crippen molar-refractivity contribution in [2.45, 2.75) is 39.2 Å². The molecule has 2 N–H and O–H groups in total. The Morgan fingerprint density at radius 1 is 1.44 bits per heavy atom. The van der Waals surface area contributed by atoms with Gasteiger partial charge < -0.3 is 10.4 Å². The number of amides is 1.